The standard InChI is InChI=1S/C13H18FNO3S/c1-4-13(2,3)15-12(16)9-19(17,18)11-8-6-5-7-10(11)14/h5-8H,4,9H2,1-3H3,(H,15,16). The molecule has 1 aromatic rings. The molecule has 0 heterocycles. The van der Waals surface area contributed by atoms with E-state index in [4.69, 9.17) is 0 Å². The highest BCUT2D eigenvalue weighted by Crippen LogP contribution is 2.15. The van der Waals surface area contributed by atoms with Gasteiger partial charge in [0.15, 0.2) is 9.84 Å². The van der Waals surface area contributed by atoms with Gasteiger partial charge in [-0.2, -0.15) is 0 Å². The summed E-state index contributed by atoms with van der Waals surface area (Å²) in [6.45, 7) is 5.47. The van der Waals surface area contributed by atoms with E-state index in [1.54, 1.807) is 13.8 Å². The molecule has 0 spiro atoms. The van der Waals surface area contributed by atoms with E-state index in [-0.39, 0.29) is 0 Å². The van der Waals surface area contributed by atoms with Crippen LogP contribution < -0.4 is 5.32 Å². The van der Waals surface area contributed by atoms with Crippen molar-refractivity contribution >= 4 is 15.7 Å². The van der Waals surface area contributed by atoms with Crippen molar-refractivity contribution in [2.75, 3.05) is 5.75 Å². The Morgan fingerprint density at radius 3 is 2.42 bits per heavy atom. The van der Waals surface area contributed by atoms with Gasteiger partial charge in [0.25, 0.3) is 0 Å². The lowest BCUT2D eigenvalue weighted by Crippen LogP contribution is -2.45. The van der Waals surface area contributed by atoms with Gasteiger partial charge in [0.1, 0.15) is 16.5 Å². The van der Waals surface area contributed by atoms with Crippen LogP contribution in [-0.4, -0.2) is 25.6 Å². The summed E-state index contributed by atoms with van der Waals surface area (Å²) in [7, 11) is -3.96. The maximum absolute atomic E-state index is 13.4. The van der Waals surface area contributed by atoms with Gasteiger partial charge < -0.3 is 5.32 Å². The number of rotatable bonds is 5. The van der Waals surface area contributed by atoms with Gasteiger partial charge in [-0.25, -0.2) is 12.8 Å². The summed E-state index contributed by atoms with van der Waals surface area (Å²) in [5.41, 5.74) is -0.484. The average Bonchev–Trinajstić information content (AvgIpc) is 2.27. The quantitative estimate of drug-likeness (QED) is 0.899. The molecule has 0 saturated heterocycles. The van der Waals surface area contributed by atoms with Crippen molar-refractivity contribution in [3.05, 3.63) is 30.1 Å². The minimum atomic E-state index is -3.96. The van der Waals surface area contributed by atoms with Gasteiger partial charge in [-0.15, -0.1) is 0 Å². The monoisotopic (exact) mass is 287 g/mol. The number of sulfone groups is 1. The van der Waals surface area contributed by atoms with E-state index in [1.807, 2.05) is 6.92 Å². The number of amides is 1. The fourth-order valence-corrected chi connectivity index (χ4v) is 2.67. The summed E-state index contributed by atoms with van der Waals surface area (Å²) in [4.78, 5) is 11.3. The first-order valence-electron chi connectivity index (χ1n) is 5.96. The molecule has 0 aromatic heterocycles. The molecule has 0 aliphatic heterocycles. The zero-order valence-corrected chi connectivity index (χ0v) is 12.1. The van der Waals surface area contributed by atoms with Gasteiger partial charge in [0, 0.05) is 5.54 Å². The van der Waals surface area contributed by atoms with Crippen molar-refractivity contribution in [3.63, 3.8) is 0 Å². The smallest absolute Gasteiger partial charge is 0.235 e. The molecular formula is C13H18FNO3S. The van der Waals surface area contributed by atoms with Gasteiger partial charge in [-0.3, -0.25) is 4.79 Å². The predicted molar refractivity (Wildman–Crippen MR) is 71.0 cm³/mol. The van der Waals surface area contributed by atoms with Crippen molar-refractivity contribution in [2.24, 2.45) is 0 Å². The van der Waals surface area contributed by atoms with Crippen LogP contribution in [0.1, 0.15) is 27.2 Å². The molecule has 1 rings (SSSR count). The highest BCUT2D eigenvalue weighted by Gasteiger charge is 2.25. The number of halogens is 1. The Hall–Kier alpha value is -1.43. The third-order valence-corrected chi connectivity index (χ3v) is 4.50. The first kappa shape index (κ1) is 15.6. The summed E-state index contributed by atoms with van der Waals surface area (Å²) in [5.74, 6) is -2.22. The molecule has 0 aliphatic rings. The van der Waals surface area contributed by atoms with Crippen molar-refractivity contribution in [1.29, 1.82) is 0 Å². The van der Waals surface area contributed by atoms with Crippen molar-refractivity contribution in [2.45, 2.75) is 37.6 Å². The zero-order valence-electron chi connectivity index (χ0n) is 11.2. The molecule has 106 valence electrons. The van der Waals surface area contributed by atoms with Crippen molar-refractivity contribution < 1.29 is 17.6 Å². The van der Waals surface area contributed by atoms with Crippen LogP contribution in [0.3, 0.4) is 0 Å². The van der Waals surface area contributed by atoms with Gasteiger partial charge in [0.2, 0.25) is 5.91 Å². The first-order valence-corrected chi connectivity index (χ1v) is 7.61. The summed E-state index contributed by atoms with van der Waals surface area (Å²) >= 11 is 0. The van der Waals surface area contributed by atoms with Crippen molar-refractivity contribution in [3.8, 4) is 0 Å². The third-order valence-electron chi connectivity index (χ3n) is 2.85. The molecule has 1 N–H and O–H groups in total. The molecule has 0 radical (unpaired) electrons. The van der Waals surface area contributed by atoms with E-state index in [2.05, 4.69) is 5.32 Å². The second kappa shape index (κ2) is 5.69. The molecular weight excluding hydrogens is 269 g/mol. The van der Waals surface area contributed by atoms with Gasteiger partial charge in [-0.1, -0.05) is 19.1 Å². The summed E-state index contributed by atoms with van der Waals surface area (Å²) in [6, 6.07) is 5.03. The van der Waals surface area contributed by atoms with E-state index in [1.165, 1.54) is 12.1 Å². The van der Waals surface area contributed by atoms with Crippen molar-refractivity contribution in [1.82, 2.24) is 5.32 Å². The summed E-state index contributed by atoms with van der Waals surface area (Å²) < 4.78 is 37.3. The Balaban J connectivity index is 2.88. The topological polar surface area (TPSA) is 63.2 Å². The minimum Gasteiger partial charge on any atom is -0.350 e. The van der Waals surface area contributed by atoms with E-state index in [0.717, 1.165) is 12.1 Å². The van der Waals surface area contributed by atoms with Crippen LogP contribution in [0.15, 0.2) is 29.2 Å². The highest BCUT2D eigenvalue weighted by molar-refractivity contribution is 7.92. The Kier molecular flexibility index (Phi) is 4.68. The molecule has 19 heavy (non-hydrogen) atoms. The predicted octanol–water partition coefficient (Wildman–Crippen LogP) is 1.90. The molecule has 0 aliphatic carbocycles. The van der Waals surface area contributed by atoms with E-state index < -0.39 is 37.7 Å². The maximum atomic E-state index is 13.4. The van der Waals surface area contributed by atoms with Crippen LogP contribution >= 0.6 is 0 Å². The largest absolute Gasteiger partial charge is 0.350 e. The molecule has 0 atom stereocenters. The van der Waals surface area contributed by atoms with Gasteiger partial charge in [0.05, 0.1) is 0 Å². The Bertz CT molecular complexity index is 567. The van der Waals surface area contributed by atoms with Gasteiger partial charge in [-0.05, 0) is 32.4 Å². The molecule has 0 saturated carbocycles. The number of nitrogens with one attached hydrogen (secondary N) is 1. The third kappa shape index (κ3) is 4.31. The molecule has 0 bridgehead atoms. The molecule has 0 unspecified atom stereocenters. The Morgan fingerprint density at radius 2 is 1.89 bits per heavy atom. The second-order valence-corrected chi connectivity index (χ2v) is 6.93. The number of hydrogen-bond donors (Lipinski definition) is 1. The van der Waals surface area contributed by atoms with E-state index in [0.29, 0.717) is 6.42 Å². The highest BCUT2D eigenvalue weighted by atomic mass is 32.2. The summed E-state index contributed by atoms with van der Waals surface area (Å²) in [6.07, 6.45) is 0.665. The fourth-order valence-electron chi connectivity index (χ4n) is 1.45. The minimum absolute atomic E-state index is 0.445. The van der Waals surface area contributed by atoms with Gasteiger partial charge >= 0.3 is 0 Å². The number of carbonyl (C=O) groups is 1. The Labute approximate surface area is 112 Å². The van der Waals surface area contributed by atoms with E-state index in [9.17, 15) is 17.6 Å². The lowest BCUT2D eigenvalue weighted by molar-refractivity contribution is -0.120. The lowest BCUT2D eigenvalue weighted by Gasteiger charge is -2.24. The molecule has 1 amide bonds. The average molecular weight is 287 g/mol. The fraction of sp³-hybridized carbons (Fsp3) is 0.462. The normalized spacial score (nSPS) is 12.2. The maximum Gasteiger partial charge on any atom is 0.235 e. The van der Waals surface area contributed by atoms with Crippen LogP contribution in [-0.2, 0) is 14.6 Å². The van der Waals surface area contributed by atoms with Crippen LogP contribution in [0.2, 0.25) is 0 Å². The van der Waals surface area contributed by atoms with Crippen LogP contribution in [0.25, 0.3) is 0 Å². The first-order chi connectivity index (χ1) is 8.68. The second-order valence-electron chi connectivity index (χ2n) is 4.98. The molecule has 1 aromatic carbocycles. The lowest BCUT2D eigenvalue weighted by atomic mass is 10.0. The van der Waals surface area contributed by atoms with Crippen LogP contribution in [0.5, 0.6) is 0 Å². The summed E-state index contributed by atoms with van der Waals surface area (Å²) in [5, 5.41) is 2.61. The number of carbonyl (C=O) groups excluding carboxylic acids is 1. The zero-order chi connectivity index (χ0) is 14.7. The molecule has 6 heteroatoms. The number of hydrogen-bond acceptors (Lipinski definition) is 3. The van der Waals surface area contributed by atoms with E-state index >= 15 is 0 Å². The number of benzene rings is 1. The molecule has 0 fully saturated rings. The molecule has 4 nitrogen and oxygen atoms in total. The van der Waals surface area contributed by atoms with Crippen LogP contribution in [0, 0.1) is 5.82 Å². The Morgan fingerprint density at radius 1 is 1.32 bits per heavy atom. The SMILES string of the molecule is CCC(C)(C)NC(=O)CS(=O)(=O)c1ccccc1F. The van der Waals surface area contributed by atoms with Crippen LogP contribution in [0.4, 0.5) is 4.39 Å².